The molecule has 0 radical (unpaired) electrons. The van der Waals surface area contributed by atoms with Crippen molar-refractivity contribution in [1.82, 2.24) is 0 Å². The second-order valence-corrected chi connectivity index (χ2v) is 4.83. The Bertz CT molecular complexity index is 799. The van der Waals surface area contributed by atoms with E-state index in [2.05, 4.69) is 0 Å². The molecular formula is C15H8ClFO4. The van der Waals surface area contributed by atoms with Gasteiger partial charge in [-0.1, -0.05) is 17.7 Å². The molecule has 0 saturated carbocycles. The van der Waals surface area contributed by atoms with Crippen molar-refractivity contribution in [3.8, 4) is 17.2 Å². The van der Waals surface area contributed by atoms with Gasteiger partial charge in [0.2, 0.25) is 11.5 Å². The highest BCUT2D eigenvalue weighted by molar-refractivity contribution is 6.30. The number of allylic oxidation sites excluding steroid dienone is 1. The Hall–Kier alpha value is -2.53. The number of Topliss-reactive ketones (excluding diaryl/α,β-unsaturated/α-hetero) is 1. The molecule has 6 heteroatoms. The number of phenols is 2. The Labute approximate surface area is 123 Å². The highest BCUT2D eigenvalue weighted by Crippen LogP contribution is 2.44. The summed E-state index contributed by atoms with van der Waals surface area (Å²) in [7, 11) is 0. The van der Waals surface area contributed by atoms with E-state index in [-0.39, 0.29) is 27.8 Å². The van der Waals surface area contributed by atoms with E-state index >= 15 is 0 Å². The summed E-state index contributed by atoms with van der Waals surface area (Å²) in [6.07, 6.45) is 1.38. The zero-order chi connectivity index (χ0) is 15.1. The lowest BCUT2D eigenvalue weighted by atomic mass is 10.1. The average Bonchev–Trinajstić information content (AvgIpc) is 2.76. The first-order valence-electron chi connectivity index (χ1n) is 5.91. The van der Waals surface area contributed by atoms with Crippen LogP contribution in [0.15, 0.2) is 36.1 Å². The quantitative estimate of drug-likeness (QED) is 0.625. The van der Waals surface area contributed by atoms with Crippen molar-refractivity contribution in [3.63, 3.8) is 0 Å². The summed E-state index contributed by atoms with van der Waals surface area (Å²) in [6.45, 7) is 0. The predicted octanol–water partition coefficient (Wildman–Crippen LogP) is 3.51. The molecule has 0 fully saturated rings. The number of carbonyl (C=O) groups is 1. The molecule has 1 heterocycles. The van der Waals surface area contributed by atoms with Gasteiger partial charge < -0.3 is 14.9 Å². The number of phenolic OH excluding ortho intramolecular Hbond substituents is 2. The van der Waals surface area contributed by atoms with E-state index in [4.69, 9.17) is 16.3 Å². The van der Waals surface area contributed by atoms with Crippen molar-refractivity contribution in [2.24, 2.45) is 0 Å². The Balaban J connectivity index is 2.02. The van der Waals surface area contributed by atoms with Crippen LogP contribution in [0.25, 0.3) is 6.08 Å². The first-order valence-corrected chi connectivity index (χ1v) is 6.29. The molecule has 0 unspecified atom stereocenters. The Morgan fingerprint density at radius 1 is 1.19 bits per heavy atom. The summed E-state index contributed by atoms with van der Waals surface area (Å²) in [5, 5.41) is 19.0. The molecule has 0 bridgehead atoms. The topological polar surface area (TPSA) is 66.8 Å². The monoisotopic (exact) mass is 306 g/mol. The number of carbonyl (C=O) groups excluding carboxylic acids is 1. The van der Waals surface area contributed by atoms with E-state index in [9.17, 15) is 19.4 Å². The molecule has 1 aliphatic rings. The largest absolute Gasteiger partial charge is 0.504 e. The molecule has 0 aromatic heterocycles. The van der Waals surface area contributed by atoms with Crippen molar-refractivity contribution >= 4 is 23.5 Å². The minimum absolute atomic E-state index is 0.0476. The normalized spacial score (nSPS) is 15.1. The minimum atomic E-state index is -0.566. The molecule has 4 nitrogen and oxygen atoms in total. The lowest BCUT2D eigenvalue weighted by Crippen LogP contribution is -1.98. The Kier molecular flexibility index (Phi) is 3.07. The Morgan fingerprint density at radius 2 is 1.95 bits per heavy atom. The molecule has 106 valence electrons. The van der Waals surface area contributed by atoms with E-state index in [0.717, 1.165) is 0 Å². The van der Waals surface area contributed by atoms with Gasteiger partial charge in [-0.3, -0.25) is 4.79 Å². The lowest BCUT2D eigenvalue weighted by molar-refractivity contribution is 0.101. The number of rotatable bonds is 1. The number of ketones is 1. The number of aromatic hydroxyl groups is 2. The molecule has 0 aliphatic carbocycles. The predicted molar refractivity (Wildman–Crippen MR) is 74.1 cm³/mol. The number of fused-ring (bicyclic) bond motifs is 1. The van der Waals surface area contributed by atoms with E-state index < -0.39 is 17.3 Å². The summed E-state index contributed by atoms with van der Waals surface area (Å²) < 4.78 is 18.4. The van der Waals surface area contributed by atoms with Gasteiger partial charge in [-0.05, 0) is 35.9 Å². The second kappa shape index (κ2) is 4.79. The fourth-order valence-electron chi connectivity index (χ4n) is 1.98. The summed E-state index contributed by atoms with van der Waals surface area (Å²) in [6, 6.07) is 6.51. The van der Waals surface area contributed by atoms with Gasteiger partial charge in [-0.25, -0.2) is 4.39 Å². The third kappa shape index (κ3) is 2.21. The van der Waals surface area contributed by atoms with Crippen LogP contribution in [0.1, 0.15) is 15.9 Å². The van der Waals surface area contributed by atoms with Gasteiger partial charge in [0.15, 0.2) is 17.3 Å². The summed E-state index contributed by atoms with van der Waals surface area (Å²) in [5.74, 6) is -2.04. The molecule has 3 rings (SSSR count). The zero-order valence-corrected chi connectivity index (χ0v) is 11.2. The highest BCUT2D eigenvalue weighted by atomic mass is 35.5. The summed E-state index contributed by atoms with van der Waals surface area (Å²) in [4.78, 5) is 12.1. The summed E-state index contributed by atoms with van der Waals surface area (Å²) >= 11 is 5.67. The van der Waals surface area contributed by atoms with Crippen LogP contribution in [0.4, 0.5) is 4.39 Å². The molecule has 0 amide bonds. The van der Waals surface area contributed by atoms with Gasteiger partial charge in [0.1, 0.15) is 5.82 Å². The standard InChI is InChI=1S/C15H8ClFO4/c16-9-5-7(1-3-10(9)17)6-12-13(19)8-2-4-11(18)14(20)15(8)21-12/h1-6,18,20H/b12-6-. The van der Waals surface area contributed by atoms with Gasteiger partial charge in [0.25, 0.3) is 0 Å². The fourth-order valence-corrected chi connectivity index (χ4v) is 2.17. The van der Waals surface area contributed by atoms with Crippen LogP contribution in [-0.4, -0.2) is 16.0 Å². The van der Waals surface area contributed by atoms with Gasteiger partial charge in [0, 0.05) is 0 Å². The van der Waals surface area contributed by atoms with Crippen LogP contribution in [0, 0.1) is 5.82 Å². The van der Waals surface area contributed by atoms with E-state index in [1.54, 1.807) is 0 Å². The van der Waals surface area contributed by atoms with Crippen LogP contribution in [-0.2, 0) is 0 Å². The van der Waals surface area contributed by atoms with E-state index in [0.29, 0.717) is 5.56 Å². The van der Waals surface area contributed by atoms with Crippen molar-refractivity contribution in [1.29, 1.82) is 0 Å². The van der Waals surface area contributed by atoms with Crippen LogP contribution in [0.3, 0.4) is 0 Å². The maximum Gasteiger partial charge on any atom is 0.232 e. The molecule has 2 N–H and O–H groups in total. The molecule has 0 saturated heterocycles. The van der Waals surface area contributed by atoms with Gasteiger partial charge >= 0.3 is 0 Å². The highest BCUT2D eigenvalue weighted by Gasteiger charge is 2.31. The molecule has 0 spiro atoms. The summed E-state index contributed by atoms with van der Waals surface area (Å²) in [5.41, 5.74) is 0.617. The first kappa shape index (κ1) is 13.5. The molecule has 0 atom stereocenters. The van der Waals surface area contributed by atoms with Crippen LogP contribution >= 0.6 is 11.6 Å². The molecule has 21 heavy (non-hydrogen) atoms. The van der Waals surface area contributed by atoms with Crippen molar-refractivity contribution in [2.75, 3.05) is 0 Å². The smallest absolute Gasteiger partial charge is 0.232 e. The molecule has 1 aliphatic heterocycles. The van der Waals surface area contributed by atoms with Gasteiger partial charge in [0.05, 0.1) is 10.6 Å². The first-order chi connectivity index (χ1) is 9.97. The average molecular weight is 307 g/mol. The molecule has 2 aromatic rings. The minimum Gasteiger partial charge on any atom is -0.504 e. The van der Waals surface area contributed by atoms with Gasteiger partial charge in [-0.2, -0.15) is 0 Å². The zero-order valence-electron chi connectivity index (χ0n) is 10.4. The number of benzene rings is 2. The van der Waals surface area contributed by atoms with E-state index in [1.165, 1.54) is 36.4 Å². The number of hydrogen-bond acceptors (Lipinski definition) is 4. The third-order valence-electron chi connectivity index (χ3n) is 3.03. The SMILES string of the molecule is O=C1/C(=C/c2ccc(F)c(Cl)c2)Oc2c1ccc(O)c2O. The Morgan fingerprint density at radius 3 is 2.67 bits per heavy atom. The van der Waals surface area contributed by atoms with Crippen molar-refractivity contribution in [3.05, 3.63) is 58.1 Å². The van der Waals surface area contributed by atoms with Crippen molar-refractivity contribution < 1.29 is 24.1 Å². The van der Waals surface area contributed by atoms with Crippen LogP contribution < -0.4 is 4.74 Å². The van der Waals surface area contributed by atoms with Crippen molar-refractivity contribution in [2.45, 2.75) is 0 Å². The number of hydrogen-bond donors (Lipinski definition) is 2. The van der Waals surface area contributed by atoms with Gasteiger partial charge in [-0.15, -0.1) is 0 Å². The van der Waals surface area contributed by atoms with Crippen LogP contribution in [0.5, 0.6) is 17.2 Å². The maximum absolute atomic E-state index is 13.1. The fraction of sp³-hybridized carbons (Fsp3) is 0. The third-order valence-corrected chi connectivity index (χ3v) is 3.32. The number of halogens is 2. The maximum atomic E-state index is 13.1. The molecule has 2 aromatic carbocycles. The number of ether oxygens (including phenoxy) is 1. The molecular weight excluding hydrogens is 299 g/mol. The van der Waals surface area contributed by atoms with Crippen LogP contribution in [0.2, 0.25) is 5.02 Å². The second-order valence-electron chi connectivity index (χ2n) is 4.42. The lowest BCUT2D eigenvalue weighted by Gasteiger charge is -2.02. The van der Waals surface area contributed by atoms with E-state index in [1.807, 2.05) is 0 Å².